The number of H-pyrrole nitrogens is 1. The van der Waals surface area contributed by atoms with E-state index in [2.05, 4.69) is 15.3 Å². The quantitative estimate of drug-likeness (QED) is 0.357. The first-order valence-electron chi connectivity index (χ1n) is 6.53. The molecular formula is C14H17N5O2. The van der Waals surface area contributed by atoms with E-state index in [0.717, 1.165) is 0 Å². The first-order valence-corrected chi connectivity index (χ1v) is 6.53. The molecule has 21 heavy (non-hydrogen) atoms. The standard InChI is InChI=1S/C14H17N5O2/c15-10-4-3-9(8-11(10)16)14(21)19-5-1-2-12(20)13-17-6-7-18-13/h3-4,6-8H,1-2,5,15-16H2,(H,17,18)(H,19,21). The van der Waals surface area contributed by atoms with Crippen molar-refractivity contribution in [1.29, 1.82) is 0 Å². The summed E-state index contributed by atoms with van der Waals surface area (Å²) in [6.07, 6.45) is 3.98. The number of hydrogen-bond acceptors (Lipinski definition) is 5. The number of nitrogens with zero attached hydrogens (tertiary/aromatic N) is 1. The largest absolute Gasteiger partial charge is 0.397 e. The van der Waals surface area contributed by atoms with E-state index >= 15 is 0 Å². The predicted octanol–water partition coefficient (Wildman–Crippen LogP) is 0.967. The first-order chi connectivity index (χ1) is 10.1. The van der Waals surface area contributed by atoms with Gasteiger partial charge in [0.05, 0.1) is 11.4 Å². The fourth-order valence-corrected chi connectivity index (χ4v) is 1.81. The highest BCUT2D eigenvalue weighted by molar-refractivity contribution is 5.96. The van der Waals surface area contributed by atoms with Gasteiger partial charge in [-0.1, -0.05) is 0 Å². The van der Waals surface area contributed by atoms with E-state index in [1.165, 1.54) is 12.3 Å². The Morgan fingerprint density at radius 1 is 1.24 bits per heavy atom. The molecule has 0 unspecified atom stereocenters. The van der Waals surface area contributed by atoms with Crippen molar-refractivity contribution >= 4 is 23.1 Å². The number of nitrogen functional groups attached to an aromatic ring is 2. The average Bonchev–Trinajstić information content (AvgIpc) is 3.00. The number of nitrogens with two attached hydrogens (primary N) is 2. The van der Waals surface area contributed by atoms with Gasteiger partial charge in [0.1, 0.15) is 0 Å². The topological polar surface area (TPSA) is 127 Å². The maximum Gasteiger partial charge on any atom is 0.251 e. The number of anilines is 2. The van der Waals surface area contributed by atoms with Crippen molar-refractivity contribution in [3.05, 3.63) is 42.0 Å². The third kappa shape index (κ3) is 3.82. The van der Waals surface area contributed by atoms with Crippen molar-refractivity contribution in [3.8, 4) is 0 Å². The van der Waals surface area contributed by atoms with Crippen LogP contribution in [0.3, 0.4) is 0 Å². The summed E-state index contributed by atoms with van der Waals surface area (Å²) in [7, 11) is 0. The number of benzene rings is 1. The third-order valence-corrected chi connectivity index (χ3v) is 2.98. The second kappa shape index (κ2) is 6.56. The van der Waals surface area contributed by atoms with E-state index in [9.17, 15) is 9.59 Å². The van der Waals surface area contributed by atoms with Crippen LogP contribution in [-0.4, -0.2) is 28.2 Å². The maximum absolute atomic E-state index is 11.9. The Morgan fingerprint density at radius 2 is 2.05 bits per heavy atom. The van der Waals surface area contributed by atoms with Gasteiger partial charge in [0.2, 0.25) is 0 Å². The number of carbonyl (C=O) groups is 2. The van der Waals surface area contributed by atoms with Gasteiger partial charge in [0, 0.05) is 30.9 Å². The monoisotopic (exact) mass is 287 g/mol. The lowest BCUT2D eigenvalue weighted by Crippen LogP contribution is -2.25. The summed E-state index contributed by atoms with van der Waals surface area (Å²) in [5.74, 6) is 0.0192. The van der Waals surface area contributed by atoms with Crippen molar-refractivity contribution in [2.24, 2.45) is 0 Å². The molecule has 0 saturated heterocycles. The van der Waals surface area contributed by atoms with Crippen LogP contribution in [-0.2, 0) is 0 Å². The minimum Gasteiger partial charge on any atom is -0.397 e. The molecule has 2 aromatic rings. The fraction of sp³-hybridized carbons (Fsp3) is 0.214. The smallest absolute Gasteiger partial charge is 0.251 e. The van der Waals surface area contributed by atoms with Crippen molar-refractivity contribution in [1.82, 2.24) is 15.3 Å². The number of aromatic amines is 1. The Morgan fingerprint density at radius 3 is 2.71 bits per heavy atom. The van der Waals surface area contributed by atoms with Gasteiger partial charge in [-0.3, -0.25) is 9.59 Å². The third-order valence-electron chi connectivity index (χ3n) is 2.98. The zero-order valence-electron chi connectivity index (χ0n) is 11.4. The van der Waals surface area contributed by atoms with Gasteiger partial charge < -0.3 is 21.8 Å². The Bertz CT molecular complexity index is 637. The molecule has 0 bridgehead atoms. The Labute approximate surface area is 121 Å². The Kier molecular flexibility index (Phi) is 4.55. The second-order valence-corrected chi connectivity index (χ2v) is 4.56. The van der Waals surface area contributed by atoms with Crippen LogP contribution >= 0.6 is 0 Å². The second-order valence-electron chi connectivity index (χ2n) is 4.56. The van der Waals surface area contributed by atoms with Crippen LogP contribution in [0.5, 0.6) is 0 Å². The fourth-order valence-electron chi connectivity index (χ4n) is 1.81. The maximum atomic E-state index is 11.9. The van der Waals surface area contributed by atoms with Gasteiger partial charge in [0.15, 0.2) is 11.6 Å². The summed E-state index contributed by atoms with van der Waals surface area (Å²) < 4.78 is 0. The van der Waals surface area contributed by atoms with Gasteiger partial charge in [-0.2, -0.15) is 0 Å². The minimum absolute atomic E-state index is 0.0778. The summed E-state index contributed by atoms with van der Waals surface area (Å²) in [4.78, 5) is 30.2. The lowest BCUT2D eigenvalue weighted by atomic mass is 10.1. The van der Waals surface area contributed by atoms with Crippen LogP contribution in [0.2, 0.25) is 0 Å². The van der Waals surface area contributed by atoms with E-state index < -0.39 is 0 Å². The molecular weight excluding hydrogens is 270 g/mol. The van der Waals surface area contributed by atoms with Crippen molar-refractivity contribution in [3.63, 3.8) is 0 Å². The zero-order chi connectivity index (χ0) is 15.2. The number of nitrogens with one attached hydrogen (secondary N) is 2. The van der Waals surface area contributed by atoms with Crippen LogP contribution in [0, 0.1) is 0 Å². The number of ketones is 1. The molecule has 1 aromatic carbocycles. The van der Waals surface area contributed by atoms with E-state index in [0.29, 0.717) is 42.1 Å². The molecule has 0 atom stereocenters. The first kappa shape index (κ1) is 14.6. The number of imidazole rings is 1. The van der Waals surface area contributed by atoms with Gasteiger partial charge in [-0.25, -0.2) is 4.98 Å². The van der Waals surface area contributed by atoms with Crippen LogP contribution in [0.15, 0.2) is 30.6 Å². The number of amides is 1. The molecule has 2 rings (SSSR count). The SMILES string of the molecule is Nc1ccc(C(=O)NCCCC(=O)c2ncc[nH]2)cc1N. The van der Waals surface area contributed by atoms with Crippen LogP contribution in [0.4, 0.5) is 11.4 Å². The highest BCUT2D eigenvalue weighted by atomic mass is 16.1. The molecule has 1 amide bonds. The average molecular weight is 287 g/mol. The number of hydrogen-bond donors (Lipinski definition) is 4. The summed E-state index contributed by atoms with van der Waals surface area (Å²) in [6.45, 7) is 0.398. The molecule has 0 aliphatic carbocycles. The van der Waals surface area contributed by atoms with Crippen LogP contribution in [0.1, 0.15) is 33.8 Å². The summed E-state index contributed by atoms with van der Waals surface area (Å²) in [5, 5.41) is 2.73. The van der Waals surface area contributed by atoms with Crippen LogP contribution in [0.25, 0.3) is 0 Å². The predicted molar refractivity (Wildman–Crippen MR) is 79.8 cm³/mol. The molecule has 0 radical (unpaired) electrons. The summed E-state index contributed by atoms with van der Waals surface area (Å²) >= 11 is 0. The van der Waals surface area contributed by atoms with E-state index in [1.54, 1.807) is 18.3 Å². The lowest BCUT2D eigenvalue weighted by Gasteiger charge is -2.06. The van der Waals surface area contributed by atoms with E-state index in [-0.39, 0.29) is 11.7 Å². The Balaban J connectivity index is 1.77. The number of rotatable bonds is 6. The van der Waals surface area contributed by atoms with Crippen LogP contribution < -0.4 is 16.8 Å². The molecule has 7 nitrogen and oxygen atoms in total. The normalized spacial score (nSPS) is 10.3. The Hall–Kier alpha value is -2.83. The molecule has 0 saturated carbocycles. The zero-order valence-corrected chi connectivity index (χ0v) is 11.4. The van der Waals surface area contributed by atoms with Gasteiger partial charge in [-0.05, 0) is 24.6 Å². The highest BCUT2D eigenvalue weighted by Gasteiger charge is 2.09. The van der Waals surface area contributed by atoms with E-state index in [4.69, 9.17) is 11.5 Å². The van der Waals surface area contributed by atoms with Gasteiger partial charge in [0.25, 0.3) is 5.91 Å². The molecule has 6 N–H and O–H groups in total. The highest BCUT2D eigenvalue weighted by Crippen LogP contribution is 2.15. The molecule has 0 aliphatic rings. The van der Waals surface area contributed by atoms with Crippen molar-refractivity contribution < 1.29 is 9.59 Å². The van der Waals surface area contributed by atoms with Crippen molar-refractivity contribution in [2.75, 3.05) is 18.0 Å². The summed E-state index contributed by atoms with van der Waals surface area (Å²) in [5.41, 5.74) is 12.5. The molecule has 0 fully saturated rings. The molecule has 0 spiro atoms. The van der Waals surface area contributed by atoms with E-state index in [1.807, 2.05) is 0 Å². The molecule has 0 aliphatic heterocycles. The molecule has 1 heterocycles. The van der Waals surface area contributed by atoms with Gasteiger partial charge >= 0.3 is 0 Å². The molecule has 110 valence electrons. The molecule has 1 aromatic heterocycles. The van der Waals surface area contributed by atoms with Gasteiger partial charge in [-0.15, -0.1) is 0 Å². The summed E-state index contributed by atoms with van der Waals surface area (Å²) in [6, 6.07) is 4.72. The number of aromatic nitrogens is 2. The number of Topliss-reactive ketones (excluding diaryl/α,β-unsaturated/α-hetero) is 1. The number of carbonyl (C=O) groups excluding carboxylic acids is 2. The van der Waals surface area contributed by atoms with Crippen molar-refractivity contribution in [2.45, 2.75) is 12.8 Å². The lowest BCUT2D eigenvalue weighted by molar-refractivity contribution is 0.0935. The molecule has 7 heteroatoms. The minimum atomic E-state index is -0.243.